The Bertz CT molecular complexity index is 384. The van der Waals surface area contributed by atoms with E-state index < -0.39 is 0 Å². The van der Waals surface area contributed by atoms with Crippen molar-refractivity contribution in [2.75, 3.05) is 6.61 Å². The average Bonchev–Trinajstić information content (AvgIpc) is 3.10. The summed E-state index contributed by atoms with van der Waals surface area (Å²) in [6.45, 7) is 5.05. The number of hydrogen-bond acceptors (Lipinski definition) is 2. The summed E-state index contributed by atoms with van der Waals surface area (Å²) >= 11 is 0. The summed E-state index contributed by atoms with van der Waals surface area (Å²) in [6, 6.07) is 8.06. The fourth-order valence-electron chi connectivity index (χ4n) is 1.53. The molecule has 2 heteroatoms. The van der Waals surface area contributed by atoms with Gasteiger partial charge in [-0.3, -0.25) is 0 Å². The van der Waals surface area contributed by atoms with Crippen LogP contribution in [0.25, 0.3) is 5.70 Å². The van der Waals surface area contributed by atoms with Gasteiger partial charge in [-0.25, -0.2) is 0 Å². The van der Waals surface area contributed by atoms with Gasteiger partial charge in [0.25, 0.3) is 0 Å². The van der Waals surface area contributed by atoms with E-state index >= 15 is 0 Å². The number of allylic oxidation sites excluding steroid dienone is 1. The van der Waals surface area contributed by atoms with Crippen molar-refractivity contribution >= 4 is 5.70 Å². The van der Waals surface area contributed by atoms with Gasteiger partial charge in [-0.15, -0.1) is 0 Å². The molecule has 0 aromatic heterocycles. The Labute approximate surface area is 97.1 Å². The molecule has 0 atom stereocenters. The zero-order valence-corrected chi connectivity index (χ0v) is 9.99. The first-order valence-corrected chi connectivity index (χ1v) is 5.87. The molecule has 1 aliphatic rings. The standard InChI is InChI=1S/C14H19NO/c1-10(2)9-16-13-7-5-12(6-8-13)14(15)11-3-4-11/h5-8,10H,3-4,9,15H2,1-2H3. The summed E-state index contributed by atoms with van der Waals surface area (Å²) in [4.78, 5) is 0. The molecule has 86 valence electrons. The maximum atomic E-state index is 6.01. The van der Waals surface area contributed by atoms with Gasteiger partial charge in [0.1, 0.15) is 5.75 Å². The normalized spacial score (nSPS) is 14.1. The van der Waals surface area contributed by atoms with Crippen molar-refractivity contribution in [3.63, 3.8) is 0 Å². The van der Waals surface area contributed by atoms with Crippen LogP contribution < -0.4 is 10.5 Å². The molecule has 0 aliphatic heterocycles. The fraction of sp³-hybridized carbons (Fsp3) is 0.429. The minimum absolute atomic E-state index is 0.554. The zero-order valence-electron chi connectivity index (χ0n) is 9.99. The third kappa shape index (κ3) is 2.78. The van der Waals surface area contributed by atoms with Crippen molar-refractivity contribution < 1.29 is 4.74 Å². The summed E-state index contributed by atoms with van der Waals surface area (Å²) in [5, 5.41) is 0. The van der Waals surface area contributed by atoms with Gasteiger partial charge in [0, 0.05) is 5.70 Å². The summed E-state index contributed by atoms with van der Waals surface area (Å²) in [7, 11) is 0. The molecule has 0 spiro atoms. The van der Waals surface area contributed by atoms with Gasteiger partial charge in [0.15, 0.2) is 0 Å². The number of ether oxygens (including phenoxy) is 1. The van der Waals surface area contributed by atoms with Gasteiger partial charge in [-0.05, 0) is 54.2 Å². The molecule has 2 N–H and O–H groups in total. The van der Waals surface area contributed by atoms with Crippen molar-refractivity contribution in [1.29, 1.82) is 0 Å². The second kappa shape index (κ2) is 4.60. The molecule has 16 heavy (non-hydrogen) atoms. The Hall–Kier alpha value is -1.44. The predicted octanol–water partition coefficient (Wildman–Crippen LogP) is 3.19. The second-order valence-corrected chi connectivity index (χ2v) is 4.75. The van der Waals surface area contributed by atoms with Crippen LogP contribution in [0.4, 0.5) is 0 Å². The molecule has 0 saturated heterocycles. The van der Waals surface area contributed by atoms with Crippen LogP contribution in [-0.2, 0) is 0 Å². The van der Waals surface area contributed by atoms with Crippen LogP contribution in [0.1, 0.15) is 32.3 Å². The van der Waals surface area contributed by atoms with E-state index in [1.165, 1.54) is 5.57 Å². The van der Waals surface area contributed by atoms with Crippen LogP contribution in [0.3, 0.4) is 0 Å². The molecular formula is C14H19NO. The Kier molecular flexibility index (Phi) is 3.18. The fourth-order valence-corrected chi connectivity index (χ4v) is 1.53. The highest BCUT2D eigenvalue weighted by molar-refractivity contribution is 5.69. The summed E-state index contributed by atoms with van der Waals surface area (Å²) in [5.41, 5.74) is 9.47. The topological polar surface area (TPSA) is 35.2 Å². The van der Waals surface area contributed by atoms with Crippen LogP contribution in [-0.4, -0.2) is 6.61 Å². The number of benzene rings is 1. The van der Waals surface area contributed by atoms with Crippen LogP contribution in [0.2, 0.25) is 0 Å². The lowest BCUT2D eigenvalue weighted by Crippen LogP contribution is -2.04. The third-order valence-electron chi connectivity index (χ3n) is 2.63. The van der Waals surface area contributed by atoms with E-state index in [9.17, 15) is 0 Å². The molecule has 1 aliphatic carbocycles. The first kappa shape index (κ1) is 11.1. The van der Waals surface area contributed by atoms with Crippen molar-refractivity contribution in [3.05, 3.63) is 35.4 Å². The van der Waals surface area contributed by atoms with E-state index in [0.29, 0.717) is 5.92 Å². The van der Waals surface area contributed by atoms with E-state index in [2.05, 4.69) is 13.8 Å². The maximum absolute atomic E-state index is 6.01. The number of hydrogen-bond donors (Lipinski definition) is 1. The van der Waals surface area contributed by atoms with Crippen molar-refractivity contribution in [1.82, 2.24) is 0 Å². The molecule has 0 amide bonds. The first-order chi connectivity index (χ1) is 7.66. The SMILES string of the molecule is CC(C)COc1ccc(C(N)=C2CC2)cc1. The molecule has 1 aromatic rings. The monoisotopic (exact) mass is 217 g/mol. The minimum Gasteiger partial charge on any atom is -0.493 e. The van der Waals surface area contributed by atoms with Crippen LogP contribution >= 0.6 is 0 Å². The largest absolute Gasteiger partial charge is 0.493 e. The quantitative estimate of drug-likeness (QED) is 0.840. The van der Waals surface area contributed by atoms with Gasteiger partial charge >= 0.3 is 0 Å². The van der Waals surface area contributed by atoms with E-state index in [0.717, 1.165) is 36.5 Å². The van der Waals surface area contributed by atoms with E-state index in [1.54, 1.807) is 0 Å². The molecule has 0 heterocycles. The zero-order chi connectivity index (χ0) is 11.5. The van der Waals surface area contributed by atoms with Crippen LogP contribution in [0.5, 0.6) is 5.75 Å². The Morgan fingerprint density at radius 3 is 2.38 bits per heavy atom. The van der Waals surface area contributed by atoms with Gasteiger partial charge in [-0.2, -0.15) is 0 Å². The molecule has 1 aromatic carbocycles. The molecule has 2 nitrogen and oxygen atoms in total. The average molecular weight is 217 g/mol. The number of nitrogens with two attached hydrogens (primary N) is 1. The Morgan fingerprint density at radius 2 is 1.88 bits per heavy atom. The van der Waals surface area contributed by atoms with Gasteiger partial charge in [0.05, 0.1) is 6.61 Å². The van der Waals surface area contributed by atoms with Gasteiger partial charge in [0.2, 0.25) is 0 Å². The minimum atomic E-state index is 0.554. The van der Waals surface area contributed by atoms with Crippen molar-refractivity contribution in [2.24, 2.45) is 11.7 Å². The Balaban J connectivity index is 2.02. The molecule has 1 fully saturated rings. The van der Waals surface area contributed by atoms with Crippen molar-refractivity contribution in [2.45, 2.75) is 26.7 Å². The van der Waals surface area contributed by atoms with Gasteiger partial charge in [-0.1, -0.05) is 13.8 Å². The van der Waals surface area contributed by atoms with E-state index in [-0.39, 0.29) is 0 Å². The third-order valence-corrected chi connectivity index (χ3v) is 2.63. The highest BCUT2D eigenvalue weighted by atomic mass is 16.5. The van der Waals surface area contributed by atoms with Gasteiger partial charge < -0.3 is 10.5 Å². The van der Waals surface area contributed by atoms with E-state index in [1.807, 2.05) is 24.3 Å². The lowest BCUT2D eigenvalue weighted by Gasteiger charge is -2.09. The summed E-state index contributed by atoms with van der Waals surface area (Å²) in [5.74, 6) is 1.48. The molecule has 0 bridgehead atoms. The smallest absolute Gasteiger partial charge is 0.119 e. The summed E-state index contributed by atoms with van der Waals surface area (Å²) < 4.78 is 5.62. The predicted molar refractivity (Wildman–Crippen MR) is 67.1 cm³/mol. The van der Waals surface area contributed by atoms with Crippen LogP contribution in [0.15, 0.2) is 29.8 Å². The lowest BCUT2D eigenvalue weighted by molar-refractivity contribution is 0.271. The molecular weight excluding hydrogens is 198 g/mol. The molecule has 0 radical (unpaired) electrons. The highest BCUT2D eigenvalue weighted by Gasteiger charge is 2.16. The number of rotatable bonds is 4. The molecule has 0 unspecified atom stereocenters. The molecule has 2 rings (SSSR count). The first-order valence-electron chi connectivity index (χ1n) is 5.87. The second-order valence-electron chi connectivity index (χ2n) is 4.75. The maximum Gasteiger partial charge on any atom is 0.119 e. The highest BCUT2D eigenvalue weighted by Crippen LogP contribution is 2.33. The van der Waals surface area contributed by atoms with E-state index in [4.69, 9.17) is 10.5 Å². The lowest BCUT2D eigenvalue weighted by atomic mass is 10.1. The molecule has 1 saturated carbocycles. The van der Waals surface area contributed by atoms with Crippen molar-refractivity contribution in [3.8, 4) is 5.75 Å². The van der Waals surface area contributed by atoms with Crippen LogP contribution in [0, 0.1) is 5.92 Å². The summed E-state index contributed by atoms with van der Waals surface area (Å²) in [6.07, 6.45) is 2.33. The Morgan fingerprint density at radius 1 is 1.25 bits per heavy atom.